The zero-order valence-corrected chi connectivity index (χ0v) is 10.8. The van der Waals surface area contributed by atoms with E-state index in [9.17, 15) is 9.59 Å². The van der Waals surface area contributed by atoms with Crippen molar-refractivity contribution in [2.75, 3.05) is 5.32 Å². The molecule has 1 aromatic rings. The summed E-state index contributed by atoms with van der Waals surface area (Å²) in [5.41, 5.74) is 1.06. The lowest BCUT2D eigenvalue weighted by atomic mass is 10.2. The van der Waals surface area contributed by atoms with Crippen LogP contribution in [0.4, 0.5) is 5.82 Å². The van der Waals surface area contributed by atoms with Crippen molar-refractivity contribution in [3.8, 4) is 0 Å². The third-order valence-corrected chi connectivity index (χ3v) is 2.94. The van der Waals surface area contributed by atoms with Gasteiger partial charge in [0.1, 0.15) is 11.9 Å². The number of imide groups is 1. The van der Waals surface area contributed by atoms with Crippen LogP contribution in [0.2, 0.25) is 0 Å². The molecule has 2 amide bonds. The molecule has 5 nitrogen and oxygen atoms in total. The van der Waals surface area contributed by atoms with Gasteiger partial charge in [0.25, 0.3) is 5.91 Å². The van der Waals surface area contributed by atoms with Gasteiger partial charge in [0.15, 0.2) is 0 Å². The molecular formula is C13H17N3O2. The highest BCUT2D eigenvalue weighted by Gasteiger charge is 2.39. The van der Waals surface area contributed by atoms with Crippen molar-refractivity contribution in [1.29, 1.82) is 0 Å². The second-order valence-corrected chi connectivity index (χ2v) is 4.82. The minimum absolute atomic E-state index is 0.0951. The van der Waals surface area contributed by atoms with E-state index in [-0.39, 0.29) is 24.3 Å². The number of nitrogens with zero attached hydrogens (tertiary/aromatic N) is 2. The van der Waals surface area contributed by atoms with Crippen molar-refractivity contribution < 1.29 is 9.59 Å². The molecule has 18 heavy (non-hydrogen) atoms. The van der Waals surface area contributed by atoms with Crippen LogP contribution in [-0.4, -0.2) is 33.8 Å². The molecular weight excluding hydrogens is 230 g/mol. The maximum absolute atomic E-state index is 12.1. The average molecular weight is 247 g/mol. The zero-order valence-electron chi connectivity index (χ0n) is 10.8. The van der Waals surface area contributed by atoms with Crippen LogP contribution < -0.4 is 5.32 Å². The number of nitrogens with one attached hydrogen (secondary N) is 1. The van der Waals surface area contributed by atoms with Gasteiger partial charge in [-0.05, 0) is 38.5 Å². The molecule has 1 atom stereocenters. The lowest BCUT2D eigenvalue weighted by Crippen LogP contribution is -2.39. The van der Waals surface area contributed by atoms with Gasteiger partial charge in [-0.2, -0.15) is 0 Å². The molecule has 0 aliphatic carbocycles. The molecule has 5 heteroatoms. The van der Waals surface area contributed by atoms with Crippen molar-refractivity contribution in [2.45, 2.75) is 39.3 Å². The number of carbonyl (C=O) groups excluding carboxylic acids is 2. The summed E-state index contributed by atoms with van der Waals surface area (Å²) in [6.45, 7) is 5.63. The highest BCUT2D eigenvalue weighted by Crippen LogP contribution is 2.19. The Balaban J connectivity index is 2.12. The number of aromatic nitrogens is 1. The SMILES string of the molecule is Cc1ccnc(NC2CC(=O)N(C(C)C)C2=O)c1. The molecule has 1 aliphatic rings. The van der Waals surface area contributed by atoms with Crippen LogP contribution in [0.1, 0.15) is 25.8 Å². The Kier molecular flexibility index (Phi) is 3.32. The van der Waals surface area contributed by atoms with Crippen molar-refractivity contribution in [2.24, 2.45) is 0 Å². The fraction of sp³-hybridized carbons (Fsp3) is 0.462. The maximum Gasteiger partial charge on any atom is 0.252 e. The number of hydrogen-bond donors (Lipinski definition) is 1. The van der Waals surface area contributed by atoms with E-state index in [0.29, 0.717) is 5.82 Å². The lowest BCUT2D eigenvalue weighted by Gasteiger charge is -2.19. The van der Waals surface area contributed by atoms with Gasteiger partial charge in [-0.25, -0.2) is 4.98 Å². The van der Waals surface area contributed by atoms with Gasteiger partial charge in [-0.15, -0.1) is 0 Å². The first kappa shape index (κ1) is 12.5. The van der Waals surface area contributed by atoms with Crippen molar-refractivity contribution >= 4 is 17.6 Å². The van der Waals surface area contributed by atoms with Crippen LogP contribution in [-0.2, 0) is 9.59 Å². The van der Waals surface area contributed by atoms with Gasteiger partial charge in [-0.1, -0.05) is 0 Å². The van der Waals surface area contributed by atoms with Gasteiger partial charge in [0, 0.05) is 12.2 Å². The largest absolute Gasteiger partial charge is 0.358 e. The lowest BCUT2D eigenvalue weighted by molar-refractivity contribution is -0.140. The molecule has 96 valence electrons. The zero-order chi connectivity index (χ0) is 13.3. The molecule has 1 fully saturated rings. The fourth-order valence-electron chi connectivity index (χ4n) is 2.10. The van der Waals surface area contributed by atoms with Crippen LogP contribution in [0.25, 0.3) is 0 Å². The molecule has 1 aromatic heterocycles. The molecule has 0 saturated carbocycles. The summed E-state index contributed by atoms with van der Waals surface area (Å²) in [5.74, 6) is 0.338. The Labute approximate surface area is 106 Å². The summed E-state index contributed by atoms with van der Waals surface area (Å²) in [4.78, 5) is 29.3. The number of anilines is 1. The predicted molar refractivity (Wildman–Crippen MR) is 68.0 cm³/mol. The quantitative estimate of drug-likeness (QED) is 0.819. The number of carbonyl (C=O) groups is 2. The van der Waals surface area contributed by atoms with E-state index in [1.165, 1.54) is 4.90 Å². The standard InChI is InChI=1S/C13H17N3O2/c1-8(2)16-12(17)7-10(13(16)18)15-11-6-9(3)4-5-14-11/h4-6,8,10H,7H2,1-3H3,(H,14,15). The van der Waals surface area contributed by atoms with Gasteiger partial charge < -0.3 is 5.32 Å². The van der Waals surface area contributed by atoms with Crippen LogP contribution in [0.5, 0.6) is 0 Å². The molecule has 0 spiro atoms. The molecule has 0 aromatic carbocycles. The van der Waals surface area contributed by atoms with Crippen LogP contribution in [0, 0.1) is 6.92 Å². The molecule has 2 rings (SSSR count). The summed E-state index contributed by atoms with van der Waals surface area (Å²) >= 11 is 0. The minimum Gasteiger partial charge on any atom is -0.358 e. The van der Waals surface area contributed by atoms with Crippen molar-refractivity contribution in [3.05, 3.63) is 23.9 Å². The number of amides is 2. The van der Waals surface area contributed by atoms with E-state index < -0.39 is 6.04 Å². The summed E-state index contributed by atoms with van der Waals surface area (Å²) in [7, 11) is 0. The monoisotopic (exact) mass is 247 g/mol. The first-order valence-corrected chi connectivity index (χ1v) is 6.04. The van der Waals surface area contributed by atoms with E-state index in [4.69, 9.17) is 0 Å². The second-order valence-electron chi connectivity index (χ2n) is 4.82. The third kappa shape index (κ3) is 2.34. The average Bonchev–Trinajstić information content (AvgIpc) is 2.54. The number of aryl methyl sites for hydroxylation is 1. The number of hydrogen-bond acceptors (Lipinski definition) is 4. The van der Waals surface area contributed by atoms with Crippen molar-refractivity contribution in [1.82, 2.24) is 9.88 Å². The Morgan fingerprint density at radius 2 is 2.17 bits per heavy atom. The minimum atomic E-state index is -0.491. The van der Waals surface area contributed by atoms with Crippen LogP contribution >= 0.6 is 0 Å². The van der Waals surface area contributed by atoms with E-state index in [2.05, 4.69) is 10.3 Å². The van der Waals surface area contributed by atoms with Gasteiger partial charge in [-0.3, -0.25) is 14.5 Å². The van der Waals surface area contributed by atoms with Gasteiger partial charge in [0.2, 0.25) is 5.91 Å². The maximum atomic E-state index is 12.1. The summed E-state index contributed by atoms with van der Waals surface area (Å²) in [6.07, 6.45) is 1.88. The Morgan fingerprint density at radius 3 is 2.72 bits per heavy atom. The molecule has 0 bridgehead atoms. The number of likely N-dealkylation sites (tertiary alicyclic amines) is 1. The topological polar surface area (TPSA) is 62.3 Å². The highest BCUT2D eigenvalue weighted by molar-refractivity contribution is 6.07. The van der Waals surface area contributed by atoms with Gasteiger partial charge >= 0.3 is 0 Å². The molecule has 2 heterocycles. The van der Waals surface area contributed by atoms with E-state index in [1.807, 2.05) is 32.9 Å². The Hall–Kier alpha value is -1.91. The van der Waals surface area contributed by atoms with Gasteiger partial charge in [0.05, 0.1) is 6.42 Å². The summed E-state index contributed by atoms with van der Waals surface area (Å²) in [5, 5.41) is 3.02. The summed E-state index contributed by atoms with van der Waals surface area (Å²) < 4.78 is 0. The Morgan fingerprint density at radius 1 is 1.44 bits per heavy atom. The second kappa shape index (κ2) is 4.76. The molecule has 1 unspecified atom stereocenters. The normalized spacial score (nSPS) is 19.8. The number of rotatable bonds is 3. The van der Waals surface area contributed by atoms with Crippen LogP contribution in [0.3, 0.4) is 0 Å². The molecule has 1 aliphatic heterocycles. The third-order valence-electron chi connectivity index (χ3n) is 2.94. The summed E-state index contributed by atoms with van der Waals surface area (Å²) in [6, 6.07) is 3.15. The predicted octanol–water partition coefficient (Wildman–Crippen LogP) is 1.34. The van der Waals surface area contributed by atoms with Crippen LogP contribution in [0.15, 0.2) is 18.3 Å². The fourth-order valence-corrected chi connectivity index (χ4v) is 2.10. The smallest absolute Gasteiger partial charge is 0.252 e. The molecule has 1 N–H and O–H groups in total. The Bertz CT molecular complexity index is 485. The first-order valence-electron chi connectivity index (χ1n) is 6.04. The molecule has 0 radical (unpaired) electrons. The van der Waals surface area contributed by atoms with E-state index >= 15 is 0 Å². The number of pyridine rings is 1. The molecule has 1 saturated heterocycles. The first-order chi connectivity index (χ1) is 8.49. The van der Waals surface area contributed by atoms with E-state index in [0.717, 1.165) is 5.56 Å². The highest BCUT2D eigenvalue weighted by atomic mass is 16.2. The van der Waals surface area contributed by atoms with Crippen molar-refractivity contribution in [3.63, 3.8) is 0 Å². The van der Waals surface area contributed by atoms with E-state index in [1.54, 1.807) is 6.20 Å².